The molecule has 3 aromatic carbocycles. The molecule has 1 aliphatic heterocycles. The van der Waals surface area contributed by atoms with Gasteiger partial charge in [-0.2, -0.15) is 0 Å². The molecule has 36 heavy (non-hydrogen) atoms. The standard InChI is InChI=1S/C29H28O7/c1-16(2)19-9-7-18(8-10-19)13-23-26(30)21-11-12-22(17(3)27(21)35-23)36-29(31)20-14-24(32-4)28(34-6)25(15-20)33-5/h7-16H,1-6H3/b23-13-. The van der Waals surface area contributed by atoms with Crippen molar-refractivity contribution in [3.63, 3.8) is 0 Å². The number of benzene rings is 3. The highest BCUT2D eigenvalue weighted by atomic mass is 16.5. The highest BCUT2D eigenvalue weighted by Crippen LogP contribution is 2.41. The molecule has 0 amide bonds. The predicted molar refractivity (Wildman–Crippen MR) is 136 cm³/mol. The number of Topliss-reactive ketones (excluding diaryl/α,β-unsaturated/α-hetero) is 1. The molecule has 1 heterocycles. The number of rotatable bonds is 7. The molecule has 7 heteroatoms. The van der Waals surface area contributed by atoms with Crippen LogP contribution < -0.4 is 23.7 Å². The number of hydrogen-bond acceptors (Lipinski definition) is 7. The Hall–Kier alpha value is -4.26. The second-order valence-electron chi connectivity index (χ2n) is 8.63. The van der Waals surface area contributed by atoms with Crippen LogP contribution in [-0.4, -0.2) is 33.1 Å². The lowest BCUT2D eigenvalue weighted by Gasteiger charge is -2.14. The summed E-state index contributed by atoms with van der Waals surface area (Å²) in [7, 11) is 4.42. The van der Waals surface area contributed by atoms with E-state index in [4.69, 9.17) is 23.7 Å². The van der Waals surface area contributed by atoms with Crippen molar-refractivity contribution in [1.29, 1.82) is 0 Å². The molecule has 0 bridgehead atoms. The fourth-order valence-electron chi connectivity index (χ4n) is 3.96. The topological polar surface area (TPSA) is 80.3 Å². The highest BCUT2D eigenvalue weighted by Gasteiger charge is 2.31. The van der Waals surface area contributed by atoms with Gasteiger partial charge in [-0.1, -0.05) is 38.1 Å². The summed E-state index contributed by atoms with van der Waals surface area (Å²) in [5, 5.41) is 0. The van der Waals surface area contributed by atoms with Crippen LogP contribution in [0.2, 0.25) is 0 Å². The third-order valence-electron chi connectivity index (χ3n) is 6.04. The van der Waals surface area contributed by atoms with Crippen molar-refractivity contribution in [3.05, 3.63) is 82.1 Å². The maximum atomic E-state index is 13.0. The van der Waals surface area contributed by atoms with Gasteiger partial charge >= 0.3 is 5.97 Å². The lowest BCUT2D eigenvalue weighted by atomic mass is 10.0. The van der Waals surface area contributed by atoms with Gasteiger partial charge in [0.15, 0.2) is 17.3 Å². The van der Waals surface area contributed by atoms with Gasteiger partial charge in [0.25, 0.3) is 0 Å². The zero-order chi connectivity index (χ0) is 26.0. The van der Waals surface area contributed by atoms with Crippen molar-refractivity contribution in [2.24, 2.45) is 0 Å². The molecule has 7 nitrogen and oxygen atoms in total. The Labute approximate surface area is 210 Å². The highest BCUT2D eigenvalue weighted by molar-refractivity contribution is 6.15. The summed E-state index contributed by atoms with van der Waals surface area (Å²) < 4.78 is 27.5. The van der Waals surface area contributed by atoms with Crippen molar-refractivity contribution in [2.75, 3.05) is 21.3 Å². The van der Waals surface area contributed by atoms with E-state index < -0.39 is 5.97 Å². The molecule has 1 aliphatic rings. The molecular formula is C29H28O7. The molecule has 0 N–H and O–H groups in total. The van der Waals surface area contributed by atoms with Crippen LogP contribution in [-0.2, 0) is 0 Å². The van der Waals surface area contributed by atoms with E-state index in [1.165, 1.54) is 39.0 Å². The Kier molecular flexibility index (Phi) is 7.01. The van der Waals surface area contributed by atoms with Gasteiger partial charge in [-0.05, 0) is 54.3 Å². The van der Waals surface area contributed by atoms with E-state index in [2.05, 4.69) is 13.8 Å². The number of esters is 1. The summed E-state index contributed by atoms with van der Waals surface area (Å²) >= 11 is 0. The van der Waals surface area contributed by atoms with Gasteiger partial charge in [0.05, 0.1) is 32.5 Å². The van der Waals surface area contributed by atoms with Crippen LogP contribution in [0, 0.1) is 6.92 Å². The van der Waals surface area contributed by atoms with Gasteiger partial charge in [-0.3, -0.25) is 4.79 Å². The fourth-order valence-corrected chi connectivity index (χ4v) is 3.96. The van der Waals surface area contributed by atoms with Crippen LogP contribution in [0.25, 0.3) is 6.08 Å². The van der Waals surface area contributed by atoms with Crippen LogP contribution in [0.4, 0.5) is 0 Å². The average molecular weight is 489 g/mol. The monoisotopic (exact) mass is 488 g/mol. The molecule has 0 radical (unpaired) electrons. The first-order valence-corrected chi connectivity index (χ1v) is 11.5. The number of fused-ring (bicyclic) bond motifs is 1. The molecule has 4 rings (SSSR count). The summed E-state index contributed by atoms with van der Waals surface area (Å²) in [6.45, 7) is 6.00. The van der Waals surface area contributed by atoms with Crippen LogP contribution in [0.5, 0.6) is 28.7 Å². The Bertz CT molecular complexity index is 1330. The molecule has 3 aromatic rings. The van der Waals surface area contributed by atoms with Crippen LogP contribution in [0.15, 0.2) is 54.3 Å². The number of hydrogen-bond donors (Lipinski definition) is 0. The Morgan fingerprint density at radius 2 is 1.53 bits per heavy atom. The number of carbonyl (C=O) groups excluding carboxylic acids is 2. The van der Waals surface area contributed by atoms with Crippen molar-refractivity contribution in [3.8, 4) is 28.7 Å². The zero-order valence-corrected chi connectivity index (χ0v) is 21.1. The Morgan fingerprint density at radius 1 is 0.889 bits per heavy atom. The smallest absolute Gasteiger partial charge is 0.343 e. The number of allylic oxidation sites excluding steroid dienone is 1. The molecule has 0 unspecified atom stereocenters. The van der Waals surface area contributed by atoms with Gasteiger partial charge < -0.3 is 23.7 Å². The van der Waals surface area contributed by atoms with Gasteiger partial charge in [0.2, 0.25) is 11.5 Å². The SMILES string of the molecule is COc1cc(C(=O)Oc2ccc3c(c2C)O/C(=C\c2ccc(C(C)C)cc2)C3=O)cc(OC)c1OC. The quantitative estimate of drug-likeness (QED) is 0.230. The third kappa shape index (κ3) is 4.64. The summed E-state index contributed by atoms with van der Waals surface area (Å²) in [4.78, 5) is 25.9. The predicted octanol–water partition coefficient (Wildman–Crippen LogP) is 5.98. The molecular weight excluding hydrogens is 460 g/mol. The second kappa shape index (κ2) is 10.2. The second-order valence-corrected chi connectivity index (χ2v) is 8.63. The minimum Gasteiger partial charge on any atom is -0.493 e. The Morgan fingerprint density at radius 3 is 2.08 bits per heavy atom. The number of methoxy groups -OCH3 is 3. The van der Waals surface area contributed by atoms with E-state index in [1.54, 1.807) is 25.1 Å². The maximum Gasteiger partial charge on any atom is 0.343 e. The van der Waals surface area contributed by atoms with Gasteiger partial charge in [-0.25, -0.2) is 4.79 Å². The number of ether oxygens (including phenoxy) is 5. The molecule has 186 valence electrons. The summed E-state index contributed by atoms with van der Waals surface area (Å²) in [6, 6.07) is 14.2. The normalized spacial score (nSPS) is 13.4. The first-order valence-electron chi connectivity index (χ1n) is 11.5. The molecule has 0 fully saturated rings. The van der Waals surface area contributed by atoms with Crippen LogP contribution in [0.3, 0.4) is 0 Å². The lowest BCUT2D eigenvalue weighted by molar-refractivity contribution is 0.0732. The first kappa shape index (κ1) is 24.9. The van der Waals surface area contributed by atoms with E-state index >= 15 is 0 Å². The van der Waals surface area contributed by atoms with E-state index in [1.807, 2.05) is 24.3 Å². The van der Waals surface area contributed by atoms with E-state index in [0.29, 0.717) is 40.0 Å². The summed E-state index contributed by atoms with van der Waals surface area (Å²) in [5.41, 5.74) is 3.26. The third-order valence-corrected chi connectivity index (χ3v) is 6.04. The van der Waals surface area contributed by atoms with Crippen LogP contribution >= 0.6 is 0 Å². The van der Waals surface area contributed by atoms with E-state index in [9.17, 15) is 9.59 Å². The largest absolute Gasteiger partial charge is 0.493 e. The van der Waals surface area contributed by atoms with Crippen molar-refractivity contribution in [2.45, 2.75) is 26.7 Å². The minimum absolute atomic E-state index is 0.215. The molecule has 0 aliphatic carbocycles. The molecule has 0 saturated carbocycles. The minimum atomic E-state index is -0.623. The van der Waals surface area contributed by atoms with E-state index in [0.717, 1.165) is 5.56 Å². The first-order chi connectivity index (χ1) is 17.3. The van der Waals surface area contributed by atoms with Crippen molar-refractivity contribution >= 4 is 17.8 Å². The molecule has 0 atom stereocenters. The Balaban J connectivity index is 1.59. The zero-order valence-electron chi connectivity index (χ0n) is 21.1. The number of carbonyl (C=O) groups is 2. The van der Waals surface area contributed by atoms with Crippen molar-refractivity contribution in [1.82, 2.24) is 0 Å². The van der Waals surface area contributed by atoms with Gasteiger partial charge in [0.1, 0.15) is 11.5 Å². The summed E-state index contributed by atoms with van der Waals surface area (Å²) in [5.74, 6) is 1.49. The molecule has 0 aromatic heterocycles. The maximum absolute atomic E-state index is 13.0. The fraction of sp³-hybridized carbons (Fsp3) is 0.241. The number of ketones is 1. The van der Waals surface area contributed by atoms with E-state index in [-0.39, 0.29) is 22.9 Å². The molecule has 0 saturated heterocycles. The van der Waals surface area contributed by atoms with Gasteiger partial charge in [-0.15, -0.1) is 0 Å². The van der Waals surface area contributed by atoms with Gasteiger partial charge in [0, 0.05) is 5.56 Å². The van der Waals surface area contributed by atoms with Crippen molar-refractivity contribution < 1.29 is 33.3 Å². The lowest BCUT2D eigenvalue weighted by Crippen LogP contribution is -2.10. The summed E-state index contributed by atoms with van der Waals surface area (Å²) in [6.07, 6.45) is 1.72. The van der Waals surface area contributed by atoms with Crippen LogP contribution in [0.1, 0.15) is 57.2 Å². The average Bonchev–Trinajstić information content (AvgIpc) is 3.20. The molecule has 0 spiro atoms.